The molecule has 140 valence electrons. The van der Waals surface area contributed by atoms with Crippen molar-refractivity contribution in [1.82, 2.24) is 10.3 Å². The van der Waals surface area contributed by atoms with Crippen molar-refractivity contribution in [3.05, 3.63) is 59.3 Å². The van der Waals surface area contributed by atoms with Crippen LogP contribution in [0.3, 0.4) is 0 Å². The number of hydrogen-bond donors (Lipinski definition) is 1. The summed E-state index contributed by atoms with van der Waals surface area (Å²) in [5.41, 5.74) is -4.62. The Morgan fingerprint density at radius 2 is 1.77 bits per heavy atom. The predicted molar refractivity (Wildman–Crippen MR) is 85.8 cm³/mol. The van der Waals surface area contributed by atoms with Gasteiger partial charge in [-0.25, -0.2) is 13.4 Å². The zero-order valence-corrected chi connectivity index (χ0v) is 14.4. The number of alkyl halides is 3. The van der Waals surface area contributed by atoms with Crippen molar-refractivity contribution in [3.63, 3.8) is 0 Å². The van der Waals surface area contributed by atoms with E-state index in [0.29, 0.717) is 12.2 Å². The molecular weight excluding hydrogens is 373 g/mol. The Hall–Kier alpha value is -2.46. The quantitative estimate of drug-likeness (QED) is 0.822. The largest absolute Gasteiger partial charge is 0.503 e. The number of methoxy groups -OCH3 is 1. The monoisotopic (exact) mass is 388 g/mol. The van der Waals surface area contributed by atoms with Gasteiger partial charge < -0.3 is 10.1 Å². The van der Waals surface area contributed by atoms with E-state index >= 15 is 0 Å². The van der Waals surface area contributed by atoms with E-state index in [4.69, 9.17) is 4.74 Å². The normalized spacial score (nSPS) is 12.0. The molecule has 0 spiro atoms. The zero-order valence-electron chi connectivity index (χ0n) is 13.6. The molecule has 1 aromatic carbocycles. The van der Waals surface area contributed by atoms with Crippen LogP contribution in [-0.2, 0) is 27.7 Å². The molecule has 1 aromatic heterocycles. The third-order valence-electron chi connectivity index (χ3n) is 3.36. The molecule has 0 unspecified atom stereocenters. The summed E-state index contributed by atoms with van der Waals surface area (Å²) in [7, 11) is -4.18. The first-order valence-corrected chi connectivity index (χ1v) is 8.76. The number of hydrogen-bond acceptors (Lipinski definition) is 5. The summed E-state index contributed by atoms with van der Waals surface area (Å²) >= 11 is 0. The third-order valence-corrected chi connectivity index (χ3v) is 4.81. The van der Waals surface area contributed by atoms with Crippen molar-refractivity contribution in [2.24, 2.45) is 0 Å². The summed E-state index contributed by atoms with van der Waals surface area (Å²) in [5, 5.41) is 1.07. The van der Waals surface area contributed by atoms with Gasteiger partial charge in [0.1, 0.15) is 0 Å². The highest BCUT2D eigenvalue weighted by Gasteiger charge is 2.49. The molecule has 0 bridgehead atoms. The van der Waals surface area contributed by atoms with E-state index in [-0.39, 0.29) is 6.54 Å². The number of nitrogens with one attached hydrogen (secondary N) is 1. The number of aromatic nitrogens is 1. The summed E-state index contributed by atoms with van der Waals surface area (Å²) in [6.45, 7) is 0.424. The molecule has 26 heavy (non-hydrogen) atoms. The summed E-state index contributed by atoms with van der Waals surface area (Å²) in [6, 6.07) is 9.13. The minimum Gasteiger partial charge on any atom is -0.380 e. The predicted octanol–water partition coefficient (Wildman–Crippen LogP) is 2.45. The average molecular weight is 388 g/mol. The molecule has 2 rings (SSSR count). The van der Waals surface area contributed by atoms with E-state index in [2.05, 4.69) is 10.3 Å². The second kappa shape index (κ2) is 7.83. The number of sulfone groups is 1. The first-order chi connectivity index (χ1) is 12.2. The Kier molecular flexibility index (Phi) is 5.98. The summed E-state index contributed by atoms with van der Waals surface area (Å²) in [6.07, 6.45) is 0.879. The van der Waals surface area contributed by atoms with Crippen LogP contribution in [-0.4, -0.2) is 31.9 Å². The van der Waals surface area contributed by atoms with E-state index in [1.54, 1.807) is 31.4 Å². The van der Waals surface area contributed by atoms with Crippen molar-refractivity contribution in [2.45, 2.75) is 23.7 Å². The van der Waals surface area contributed by atoms with Gasteiger partial charge in [-0.05, 0) is 23.3 Å². The van der Waals surface area contributed by atoms with E-state index < -0.39 is 31.8 Å². The maximum absolute atomic E-state index is 12.7. The first-order valence-electron chi connectivity index (χ1n) is 7.28. The van der Waals surface area contributed by atoms with Crippen LogP contribution >= 0.6 is 0 Å². The molecule has 0 saturated heterocycles. The molecular formula is C16H15F3N2O4S. The molecule has 0 radical (unpaired) electrons. The van der Waals surface area contributed by atoms with Gasteiger partial charge in [-0.2, -0.15) is 13.2 Å². The molecule has 0 fully saturated rings. The van der Waals surface area contributed by atoms with Gasteiger partial charge in [0.2, 0.25) is 0 Å². The lowest BCUT2D eigenvalue weighted by atomic mass is 10.1. The number of halogens is 3. The number of carbonyl (C=O) groups is 1. The fourth-order valence-corrected chi connectivity index (χ4v) is 2.95. The molecule has 0 aliphatic rings. The van der Waals surface area contributed by atoms with Gasteiger partial charge >= 0.3 is 5.51 Å². The molecule has 6 nitrogen and oxygen atoms in total. The molecule has 1 amide bonds. The SMILES string of the molecule is COCc1ccc(CNC(=O)c2cccnc2S(=O)(=O)C(F)(F)F)cc1. The Morgan fingerprint density at radius 1 is 1.15 bits per heavy atom. The standard InChI is InChI=1S/C16H15F3N2O4S/c1-25-10-12-6-4-11(5-7-12)9-21-14(22)13-3-2-8-20-15(13)26(23,24)16(17,18)19/h2-8H,9-10H2,1H3,(H,21,22). The Labute approximate surface area is 147 Å². The molecule has 1 N–H and O–H groups in total. The number of amides is 1. The maximum Gasteiger partial charge on any atom is 0.503 e. The number of carbonyl (C=O) groups excluding carboxylic acids is 1. The van der Waals surface area contributed by atoms with Crippen molar-refractivity contribution in [2.75, 3.05) is 7.11 Å². The van der Waals surface area contributed by atoms with Gasteiger partial charge in [-0.1, -0.05) is 24.3 Å². The number of nitrogens with zero attached hydrogens (tertiary/aromatic N) is 1. The molecule has 0 atom stereocenters. The fraction of sp³-hybridized carbons (Fsp3) is 0.250. The van der Waals surface area contributed by atoms with Gasteiger partial charge in [-0.15, -0.1) is 0 Å². The van der Waals surface area contributed by atoms with Crippen LogP contribution in [0.4, 0.5) is 13.2 Å². The van der Waals surface area contributed by atoms with Gasteiger partial charge in [0.25, 0.3) is 15.7 Å². The summed E-state index contributed by atoms with van der Waals surface area (Å²) < 4.78 is 66.3. The molecule has 0 aliphatic carbocycles. The second-order valence-electron chi connectivity index (χ2n) is 5.24. The third kappa shape index (κ3) is 4.38. The van der Waals surface area contributed by atoms with Crippen LogP contribution in [0.1, 0.15) is 21.5 Å². The number of pyridine rings is 1. The number of benzene rings is 1. The van der Waals surface area contributed by atoms with E-state index in [1.165, 1.54) is 6.07 Å². The lowest BCUT2D eigenvalue weighted by Crippen LogP contribution is -2.30. The lowest BCUT2D eigenvalue weighted by molar-refractivity contribution is -0.0438. The second-order valence-corrected chi connectivity index (χ2v) is 7.09. The van der Waals surface area contributed by atoms with Crippen LogP contribution in [0.25, 0.3) is 0 Å². The number of rotatable bonds is 6. The van der Waals surface area contributed by atoms with Crippen LogP contribution in [0.2, 0.25) is 0 Å². The van der Waals surface area contributed by atoms with E-state index in [9.17, 15) is 26.4 Å². The van der Waals surface area contributed by atoms with Crippen LogP contribution in [0, 0.1) is 0 Å². The Balaban J connectivity index is 2.18. The van der Waals surface area contributed by atoms with Crippen LogP contribution < -0.4 is 5.32 Å². The minimum absolute atomic E-state index is 0.00644. The highest BCUT2D eigenvalue weighted by atomic mass is 32.2. The summed E-state index contributed by atoms with van der Waals surface area (Å²) in [4.78, 5) is 15.4. The summed E-state index contributed by atoms with van der Waals surface area (Å²) in [5.74, 6) is -0.970. The molecule has 10 heteroatoms. The first kappa shape index (κ1) is 19.9. The molecule has 0 aliphatic heterocycles. The van der Waals surface area contributed by atoms with Gasteiger partial charge in [0.05, 0.1) is 12.2 Å². The smallest absolute Gasteiger partial charge is 0.380 e. The topological polar surface area (TPSA) is 85.4 Å². The van der Waals surface area contributed by atoms with Gasteiger partial charge in [-0.3, -0.25) is 4.79 Å². The lowest BCUT2D eigenvalue weighted by Gasteiger charge is -2.12. The highest BCUT2D eigenvalue weighted by Crippen LogP contribution is 2.30. The zero-order chi connectivity index (χ0) is 19.4. The van der Waals surface area contributed by atoms with Gasteiger partial charge in [0.15, 0.2) is 5.03 Å². The van der Waals surface area contributed by atoms with Crippen molar-refractivity contribution in [3.8, 4) is 0 Å². The Morgan fingerprint density at radius 3 is 2.35 bits per heavy atom. The van der Waals surface area contributed by atoms with Gasteiger partial charge in [0, 0.05) is 19.9 Å². The van der Waals surface area contributed by atoms with E-state index in [1.807, 2.05) is 0 Å². The molecule has 1 heterocycles. The average Bonchev–Trinajstić information content (AvgIpc) is 2.60. The minimum atomic E-state index is -5.73. The van der Waals surface area contributed by atoms with Crippen molar-refractivity contribution < 1.29 is 31.1 Å². The molecule has 0 saturated carbocycles. The van der Waals surface area contributed by atoms with Crippen molar-refractivity contribution in [1.29, 1.82) is 0 Å². The fourth-order valence-electron chi connectivity index (χ4n) is 2.08. The molecule has 2 aromatic rings. The van der Waals surface area contributed by atoms with E-state index in [0.717, 1.165) is 17.8 Å². The van der Waals surface area contributed by atoms with Crippen LogP contribution in [0.15, 0.2) is 47.6 Å². The van der Waals surface area contributed by atoms with Crippen LogP contribution in [0.5, 0.6) is 0 Å². The van der Waals surface area contributed by atoms with Crippen molar-refractivity contribution >= 4 is 15.7 Å². The maximum atomic E-state index is 12.7. The number of ether oxygens (including phenoxy) is 1. The Bertz CT molecular complexity index is 881. The highest BCUT2D eigenvalue weighted by molar-refractivity contribution is 7.92.